The van der Waals surface area contributed by atoms with Crippen LogP contribution in [0, 0.1) is 0 Å². The second-order valence-electron chi connectivity index (χ2n) is 8.74. The molecule has 1 aromatic heterocycles. The third-order valence-corrected chi connectivity index (χ3v) is 6.35. The Kier molecular flexibility index (Phi) is 5.68. The number of rotatable bonds is 6. The minimum atomic E-state index is 0.537. The maximum absolute atomic E-state index is 6.13. The van der Waals surface area contributed by atoms with Crippen molar-refractivity contribution in [3.63, 3.8) is 0 Å². The fraction of sp³-hybridized carbons (Fsp3) is 0.0312. The first kappa shape index (κ1) is 21.7. The van der Waals surface area contributed by atoms with Crippen molar-refractivity contribution in [1.29, 1.82) is 0 Å². The fourth-order valence-electron chi connectivity index (χ4n) is 4.46. The van der Waals surface area contributed by atoms with Crippen LogP contribution >= 0.6 is 0 Å². The van der Waals surface area contributed by atoms with Crippen LogP contribution in [-0.2, 0) is 6.54 Å². The maximum Gasteiger partial charge on any atom is 0.136 e. The van der Waals surface area contributed by atoms with E-state index in [1.807, 2.05) is 54.6 Å². The van der Waals surface area contributed by atoms with Crippen molar-refractivity contribution >= 4 is 39.1 Å². The van der Waals surface area contributed by atoms with E-state index in [-0.39, 0.29) is 0 Å². The Labute approximate surface area is 209 Å². The number of nitrogens with two attached hydrogens (primary N) is 1. The molecular formula is C32H25N3O. The number of nitrogens with one attached hydrogen (secondary N) is 1. The molecule has 0 atom stereocenters. The number of amidine groups is 1. The summed E-state index contributed by atoms with van der Waals surface area (Å²) in [5.74, 6) is 0.549. The second kappa shape index (κ2) is 9.43. The monoisotopic (exact) mass is 467 g/mol. The highest BCUT2D eigenvalue weighted by atomic mass is 16.3. The quantitative estimate of drug-likeness (QED) is 0.193. The summed E-state index contributed by atoms with van der Waals surface area (Å²) in [4.78, 5) is 4.54. The van der Waals surface area contributed by atoms with Crippen molar-refractivity contribution < 1.29 is 4.42 Å². The zero-order chi connectivity index (χ0) is 24.3. The van der Waals surface area contributed by atoms with Gasteiger partial charge in [0.1, 0.15) is 17.0 Å². The smallest absolute Gasteiger partial charge is 0.136 e. The van der Waals surface area contributed by atoms with E-state index in [2.05, 4.69) is 77.0 Å². The molecule has 0 aliphatic rings. The standard InChI is InChI=1S/C32H25N3O/c33-32(23-8-2-1-3-9-23)34-21-22-14-17-25(18-15-22)35-29-12-6-4-10-26(29)24-16-19-28-27-11-5-7-13-30(27)36-31(28)20-24/h1-20,35H,21H2,(H2,33,34). The van der Waals surface area contributed by atoms with E-state index < -0.39 is 0 Å². The van der Waals surface area contributed by atoms with E-state index in [0.717, 1.165) is 55.6 Å². The van der Waals surface area contributed by atoms with E-state index in [4.69, 9.17) is 10.2 Å². The van der Waals surface area contributed by atoms with Crippen LogP contribution in [-0.4, -0.2) is 5.84 Å². The molecule has 0 spiro atoms. The lowest BCUT2D eigenvalue weighted by molar-refractivity contribution is 0.669. The van der Waals surface area contributed by atoms with Crippen LogP contribution in [0.15, 0.2) is 131 Å². The maximum atomic E-state index is 6.13. The summed E-state index contributed by atoms with van der Waals surface area (Å²) in [6.07, 6.45) is 0. The molecule has 6 aromatic rings. The van der Waals surface area contributed by atoms with Gasteiger partial charge in [0.25, 0.3) is 0 Å². The average molecular weight is 468 g/mol. The lowest BCUT2D eigenvalue weighted by Gasteiger charge is -2.13. The molecule has 0 unspecified atom stereocenters. The Bertz CT molecular complexity index is 1680. The van der Waals surface area contributed by atoms with Crippen molar-refractivity contribution in [2.75, 3.05) is 5.32 Å². The van der Waals surface area contributed by atoms with Crippen molar-refractivity contribution in [3.8, 4) is 11.1 Å². The minimum Gasteiger partial charge on any atom is -0.456 e. The summed E-state index contributed by atoms with van der Waals surface area (Å²) in [5, 5.41) is 5.84. The SMILES string of the molecule is NC(=NCc1ccc(Nc2ccccc2-c2ccc3c(c2)oc2ccccc23)cc1)c1ccccc1. The number of hydrogen-bond acceptors (Lipinski definition) is 3. The first-order valence-corrected chi connectivity index (χ1v) is 12.0. The normalized spacial score (nSPS) is 11.7. The first-order valence-electron chi connectivity index (χ1n) is 12.0. The molecule has 36 heavy (non-hydrogen) atoms. The van der Waals surface area contributed by atoms with Crippen LogP contribution in [0.25, 0.3) is 33.1 Å². The number of aliphatic imine (C=N–C) groups is 1. The third-order valence-electron chi connectivity index (χ3n) is 6.35. The van der Waals surface area contributed by atoms with Gasteiger partial charge in [-0.3, -0.25) is 4.99 Å². The Morgan fingerprint density at radius 1 is 0.694 bits per heavy atom. The molecule has 0 saturated carbocycles. The molecular weight excluding hydrogens is 442 g/mol. The number of hydrogen-bond donors (Lipinski definition) is 2. The lowest BCUT2D eigenvalue weighted by atomic mass is 10.0. The molecule has 6 rings (SSSR count). The van der Waals surface area contributed by atoms with Crippen molar-refractivity contribution in [2.24, 2.45) is 10.7 Å². The molecule has 0 aliphatic carbocycles. The van der Waals surface area contributed by atoms with Gasteiger partial charge < -0.3 is 15.5 Å². The molecule has 0 amide bonds. The summed E-state index contributed by atoms with van der Waals surface area (Å²) in [7, 11) is 0. The van der Waals surface area contributed by atoms with Gasteiger partial charge in [-0.25, -0.2) is 0 Å². The molecule has 174 valence electrons. The minimum absolute atomic E-state index is 0.537. The Morgan fingerprint density at radius 3 is 2.28 bits per heavy atom. The number of nitrogens with zero attached hydrogens (tertiary/aromatic N) is 1. The van der Waals surface area contributed by atoms with Crippen LogP contribution in [0.5, 0.6) is 0 Å². The van der Waals surface area contributed by atoms with Gasteiger partial charge >= 0.3 is 0 Å². The Hall–Kier alpha value is -4.83. The van der Waals surface area contributed by atoms with Gasteiger partial charge in [-0.1, -0.05) is 84.9 Å². The number of fused-ring (bicyclic) bond motifs is 3. The summed E-state index contributed by atoms with van der Waals surface area (Å²) in [6.45, 7) is 0.537. The van der Waals surface area contributed by atoms with E-state index >= 15 is 0 Å². The van der Waals surface area contributed by atoms with E-state index in [9.17, 15) is 0 Å². The molecule has 4 heteroatoms. The van der Waals surface area contributed by atoms with Gasteiger partial charge in [-0.15, -0.1) is 0 Å². The summed E-state index contributed by atoms with van der Waals surface area (Å²) < 4.78 is 6.11. The molecule has 5 aromatic carbocycles. The highest BCUT2D eigenvalue weighted by molar-refractivity contribution is 6.06. The van der Waals surface area contributed by atoms with Gasteiger partial charge in [-0.05, 0) is 47.5 Å². The topological polar surface area (TPSA) is 63.5 Å². The predicted octanol–water partition coefficient (Wildman–Crippen LogP) is 7.90. The van der Waals surface area contributed by atoms with Crippen LogP contribution < -0.4 is 11.1 Å². The zero-order valence-corrected chi connectivity index (χ0v) is 19.7. The van der Waals surface area contributed by atoms with Gasteiger partial charge in [0.05, 0.1) is 6.54 Å². The highest BCUT2D eigenvalue weighted by Gasteiger charge is 2.10. The van der Waals surface area contributed by atoms with Crippen LogP contribution in [0.4, 0.5) is 11.4 Å². The molecule has 0 saturated heterocycles. The van der Waals surface area contributed by atoms with E-state index in [0.29, 0.717) is 12.4 Å². The molecule has 4 nitrogen and oxygen atoms in total. The van der Waals surface area contributed by atoms with Gasteiger partial charge in [0.2, 0.25) is 0 Å². The second-order valence-corrected chi connectivity index (χ2v) is 8.74. The molecule has 3 N–H and O–H groups in total. The zero-order valence-electron chi connectivity index (χ0n) is 19.7. The fourth-order valence-corrected chi connectivity index (χ4v) is 4.46. The first-order chi connectivity index (χ1) is 17.7. The van der Waals surface area contributed by atoms with Gasteiger partial charge in [0, 0.05) is 33.3 Å². The molecule has 0 fully saturated rings. The summed E-state index contributed by atoms with van der Waals surface area (Å²) >= 11 is 0. The van der Waals surface area contributed by atoms with E-state index in [1.165, 1.54) is 0 Å². The molecule has 0 radical (unpaired) electrons. The Balaban J connectivity index is 1.23. The van der Waals surface area contributed by atoms with Crippen LogP contribution in [0.3, 0.4) is 0 Å². The number of furan rings is 1. The highest BCUT2D eigenvalue weighted by Crippen LogP contribution is 2.35. The molecule has 1 heterocycles. The average Bonchev–Trinajstić information content (AvgIpc) is 3.31. The van der Waals surface area contributed by atoms with Crippen LogP contribution in [0.1, 0.15) is 11.1 Å². The predicted molar refractivity (Wildman–Crippen MR) is 150 cm³/mol. The van der Waals surface area contributed by atoms with Crippen molar-refractivity contribution in [1.82, 2.24) is 0 Å². The van der Waals surface area contributed by atoms with E-state index in [1.54, 1.807) is 0 Å². The summed E-state index contributed by atoms with van der Waals surface area (Å²) in [5.41, 5.74) is 14.2. The third kappa shape index (κ3) is 4.32. The summed E-state index contributed by atoms with van der Waals surface area (Å²) in [6, 6.07) is 41.0. The van der Waals surface area contributed by atoms with Crippen molar-refractivity contribution in [2.45, 2.75) is 6.54 Å². The number of anilines is 2. The lowest BCUT2D eigenvalue weighted by Crippen LogP contribution is -2.13. The number of benzene rings is 5. The molecule has 0 bridgehead atoms. The Morgan fingerprint density at radius 2 is 1.42 bits per heavy atom. The molecule has 0 aliphatic heterocycles. The number of para-hydroxylation sites is 2. The van der Waals surface area contributed by atoms with Crippen LogP contribution in [0.2, 0.25) is 0 Å². The largest absolute Gasteiger partial charge is 0.456 e. The van der Waals surface area contributed by atoms with Gasteiger partial charge in [0.15, 0.2) is 0 Å². The van der Waals surface area contributed by atoms with Crippen molar-refractivity contribution in [3.05, 3.63) is 132 Å². The van der Waals surface area contributed by atoms with Gasteiger partial charge in [-0.2, -0.15) is 0 Å².